The lowest BCUT2D eigenvalue weighted by Crippen LogP contribution is -2.20. The van der Waals surface area contributed by atoms with Crippen LogP contribution in [0, 0.1) is 10.1 Å². The lowest BCUT2D eigenvalue weighted by molar-refractivity contribution is -0.384. The standard InChI is InChI=1S/C23H19N3O7/c1-2-32-22(28)18-14-19(25-21(27)15-7-4-3-5-8-15)23(29)33-20(18)11-12-24-16-9-6-10-17(13-16)26(30)31/h3-14,24H,2H2,1H3,(H,25,27)/b12-11+. The molecule has 3 rings (SSSR count). The Bertz CT molecular complexity index is 1270. The van der Waals surface area contributed by atoms with Crippen molar-refractivity contribution in [2.24, 2.45) is 0 Å². The largest absolute Gasteiger partial charge is 0.462 e. The minimum atomic E-state index is -0.873. The van der Waals surface area contributed by atoms with Crippen LogP contribution in [0.1, 0.15) is 33.4 Å². The Morgan fingerprint density at radius 2 is 1.88 bits per heavy atom. The SMILES string of the molecule is CCOC(=O)c1cc(NC(=O)c2ccccc2)c(=O)oc1/C=C/Nc1cccc([N+](=O)[O-])c1. The fourth-order valence-corrected chi connectivity index (χ4v) is 2.77. The van der Waals surface area contributed by atoms with Gasteiger partial charge in [-0.1, -0.05) is 24.3 Å². The van der Waals surface area contributed by atoms with Crippen LogP contribution >= 0.6 is 0 Å². The van der Waals surface area contributed by atoms with Crippen LogP contribution in [0.2, 0.25) is 0 Å². The molecule has 10 nitrogen and oxygen atoms in total. The number of amides is 1. The van der Waals surface area contributed by atoms with Crippen molar-refractivity contribution in [3.05, 3.63) is 104 Å². The zero-order chi connectivity index (χ0) is 23.8. The van der Waals surface area contributed by atoms with Gasteiger partial charge in [0.1, 0.15) is 17.0 Å². The van der Waals surface area contributed by atoms with Crippen LogP contribution in [-0.2, 0) is 4.74 Å². The van der Waals surface area contributed by atoms with Crippen molar-refractivity contribution in [3.8, 4) is 0 Å². The summed E-state index contributed by atoms with van der Waals surface area (Å²) in [6.45, 7) is 1.70. The third-order valence-electron chi connectivity index (χ3n) is 4.30. The molecule has 0 aliphatic heterocycles. The molecular formula is C23H19N3O7. The number of rotatable bonds is 8. The van der Waals surface area contributed by atoms with Crippen LogP contribution in [0.15, 0.2) is 76.1 Å². The third kappa shape index (κ3) is 5.91. The van der Waals surface area contributed by atoms with Crippen LogP contribution in [0.4, 0.5) is 17.1 Å². The highest BCUT2D eigenvalue weighted by atomic mass is 16.6. The van der Waals surface area contributed by atoms with Crippen LogP contribution in [-0.4, -0.2) is 23.4 Å². The highest BCUT2D eigenvalue weighted by Gasteiger charge is 2.19. The van der Waals surface area contributed by atoms with Crippen molar-refractivity contribution in [2.75, 3.05) is 17.2 Å². The topological polar surface area (TPSA) is 141 Å². The zero-order valence-corrected chi connectivity index (χ0v) is 17.4. The van der Waals surface area contributed by atoms with E-state index in [0.717, 1.165) is 0 Å². The van der Waals surface area contributed by atoms with E-state index in [0.29, 0.717) is 11.3 Å². The van der Waals surface area contributed by atoms with E-state index in [1.807, 2.05) is 0 Å². The molecule has 168 valence electrons. The second kappa shape index (κ2) is 10.5. The Labute approximate surface area is 187 Å². The van der Waals surface area contributed by atoms with E-state index in [1.54, 1.807) is 43.3 Å². The van der Waals surface area contributed by atoms with Crippen LogP contribution in [0.25, 0.3) is 6.08 Å². The number of anilines is 2. The molecule has 0 saturated heterocycles. The van der Waals surface area contributed by atoms with Gasteiger partial charge in [-0.2, -0.15) is 0 Å². The summed E-state index contributed by atoms with van der Waals surface area (Å²) in [6.07, 6.45) is 2.65. The molecule has 0 unspecified atom stereocenters. The molecule has 1 amide bonds. The van der Waals surface area contributed by atoms with Crippen LogP contribution in [0.3, 0.4) is 0 Å². The number of benzene rings is 2. The quantitative estimate of drug-likeness (QED) is 0.298. The van der Waals surface area contributed by atoms with Crippen molar-refractivity contribution < 1.29 is 23.7 Å². The summed E-state index contributed by atoms with van der Waals surface area (Å²) >= 11 is 0. The molecule has 2 N–H and O–H groups in total. The van der Waals surface area contributed by atoms with Gasteiger partial charge in [0.2, 0.25) is 0 Å². The number of nitro benzene ring substituents is 1. The number of carbonyl (C=O) groups excluding carboxylic acids is 2. The second-order valence-electron chi connectivity index (χ2n) is 6.55. The lowest BCUT2D eigenvalue weighted by Gasteiger charge is -2.09. The molecule has 0 bridgehead atoms. The smallest absolute Gasteiger partial charge is 0.360 e. The highest BCUT2D eigenvalue weighted by molar-refractivity contribution is 6.04. The van der Waals surface area contributed by atoms with E-state index >= 15 is 0 Å². The molecule has 0 aliphatic carbocycles. The van der Waals surface area contributed by atoms with Crippen LogP contribution < -0.4 is 16.3 Å². The van der Waals surface area contributed by atoms with Crippen molar-refractivity contribution in [2.45, 2.75) is 6.92 Å². The molecule has 2 aromatic carbocycles. The Balaban J connectivity index is 1.88. The summed E-state index contributed by atoms with van der Waals surface area (Å²) < 4.78 is 10.3. The molecule has 3 aromatic rings. The van der Waals surface area contributed by atoms with Gasteiger partial charge in [0.15, 0.2) is 0 Å². The predicted molar refractivity (Wildman–Crippen MR) is 121 cm³/mol. The number of hydrogen-bond donors (Lipinski definition) is 2. The number of nitrogens with one attached hydrogen (secondary N) is 2. The molecule has 0 spiro atoms. The number of ether oxygens (including phenoxy) is 1. The number of nitro groups is 1. The fraction of sp³-hybridized carbons (Fsp3) is 0.0870. The van der Waals surface area contributed by atoms with Gasteiger partial charge in [0, 0.05) is 29.6 Å². The number of esters is 1. The van der Waals surface area contributed by atoms with Gasteiger partial charge in [-0.15, -0.1) is 0 Å². The fourth-order valence-electron chi connectivity index (χ4n) is 2.77. The van der Waals surface area contributed by atoms with E-state index in [-0.39, 0.29) is 29.3 Å². The first-order valence-corrected chi connectivity index (χ1v) is 9.78. The Morgan fingerprint density at radius 1 is 1.12 bits per heavy atom. The molecule has 0 saturated carbocycles. The Hall–Kier alpha value is -4.73. The van der Waals surface area contributed by atoms with Gasteiger partial charge in [-0.25, -0.2) is 9.59 Å². The van der Waals surface area contributed by atoms with E-state index < -0.39 is 22.4 Å². The van der Waals surface area contributed by atoms with Gasteiger partial charge >= 0.3 is 11.6 Å². The van der Waals surface area contributed by atoms with Crippen molar-refractivity contribution in [3.63, 3.8) is 0 Å². The molecule has 0 fully saturated rings. The number of nitrogens with zero attached hydrogens (tertiary/aromatic N) is 1. The van der Waals surface area contributed by atoms with Gasteiger partial charge < -0.3 is 19.8 Å². The average Bonchev–Trinajstić information content (AvgIpc) is 2.81. The van der Waals surface area contributed by atoms with Gasteiger partial charge in [-0.05, 0) is 37.3 Å². The summed E-state index contributed by atoms with van der Waals surface area (Å²) in [5.41, 5.74) is -0.562. The van der Waals surface area contributed by atoms with E-state index in [1.165, 1.54) is 36.5 Å². The molecule has 0 aliphatic rings. The van der Waals surface area contributed by atoms with Gasteiger partial charge in [-0.3, -0.25) is 14.9 Å². The minimum absolute atomic E-state index is 0.0821. The second-order valence-corrected chi connectivity index (χ2v) is 6.55. The number of carbonyl (C=O) groups is 2. The number of hydrogen-bond acceptors (Lipinski definition) is 8. The molecule has 33 heavy (non-hydrogen) atoms. The monoisotopic (exact) mass is 449 g/mol. The summed E-state index contributed by atoms with van der Waals surface area (Å²) in [4.78, 5) is 47.6. The van der Waals surface area contributed by atoms with E-state index in [9.17, 15) is 24.5 Å². The summed E-state index contributed by atoms with van der Waals surface area (Å²) in [7, 11) is 0. The van der Waals surface area contributed by atoms with E-state index in [4.69, 9.17) is 9.15 Å². The minimum Gasteiger partial charge on any atom is -0.462 e. The maximum atomic E-state index is 12.4. The first-order chi connectivity index (χ1) is 15.9. The van der Waals surface area contributed by atoms with Crippen molar-refractivity contribution in [1.29, 1.82) is 0 Å². The van der Waals surface area contributed by atoms with Crippen molar-refractivity contribution in [1.82, 2.24) is 0 Å². The number of non-ortho nitro benzene ring substituents is 1. The molecule has 1 heterocycles. The normalized spacial score (nSPS) is 10.6. The summed E-state index contributed by atoms with van der Waals surface area (Å²) in [6, 6.07) is 15.2. The molecular weight excluding hydrogens is 430 g/mol. The molecule has 1 aromatic heterocycles. The lowest BCUT2D eigenvalue weighted by atomic mass is 10.1. The Kier molecular flexibility index (Phi) is 7.32. The van der Waals surface area contributed by atoms with Gasteiger partial charge in [0.25, 0.3) is 11.6 Å². The maximum absolute atomic E-state index is 12.4. The van der Waals surface area contributed by atoms with E-state index in [2.05, 4.69) is 10.6 Å². The third-order valence-corrected chi connectivity index (χ3v) is 4.30. The zero-order valence-electron chi connectivity index (χ0n) is 17.4. The first-order valence-electron chi connectivity index (χ1n) is 9.78. The predicted octanol–water partition coefficient (Wildman–Crippen LogP) is 4.06. The van der Waals surface area contributed by atoms with Crippen LogP contribution in [0.5, 0.6) is 0 Å². The molecule has 0 atom stereocenters. The first kappa shape index (κ1) is 22.9. The van der Waals surface area contributed by atoms with Gasteiger partial charge in [0.05, 0.1) is 11.5 Å². The van der Waals surface area contributed by atoms with Crippen molar-refractivity contribution >= 4 is 35.0 Å². The molecule has 0 radical (unpaired) electrons. The molecule has 10 heteroatoms. The summed E-state index contributed by atoms with van der Waals surface area (Å²) in [5, 5.41) is 16.1. The average molecular weight is 449 g/mol. The summed E-state index contributed by atoms with van der Waals surface area (Å²) in [5.74, 6) is -1.42. The highest BCUT2D eigenvalue weighted by Crippen LogP contribution is 2.19. The Morgan fingerprint density at radius 3 is 2.58 bits per heavy atom. The maximum Gasteiger partial charge on any atom is 0.360 e.